The minimum absolute atomic E-state index is 0.132. The van der Waals surface area contributed by atoms with E-state index in [-0.39, 0.29) is 6.04 Å². The van der Waals surface area contributed by atoms with Gasteiger partial charge in [0, 0.05) is 35.9 Å². The number of nitrogens with two attached hydrogens (primary N) is 1. The van der Waals surface area contributed by atoms with E-state index in [9.17, 15) is 0 Å². The molecule has 0 aliphatic heterocycles. The van der Waals surface area contributed by atoms with E-state index in [2.05, 4.69) is 24.9 Å². The molecule has 0 spiro atoms. The minimum Gasteiger partial charge on any atom is -0.469 e. The van der Waals surface area contributed by atoms with Gasteiger partial charge in [-0.1, -0.05) is 24.6 Å². The van der Waals surface area contributed by atoms with Crippen molar-refractivity contribution in [1.29, 1.82) is 0 Å². The van der Waals surface area contributed by atoms with Crippen LogP contribution in [-0.4, -0.2) is 13.1 Å². The van der Waals surface area contributed by atoms with Gasteiger partial charge < -0.3 is 15.1 Å². The van der Waals surface area contributed by atoms with E-state index in [1.165, 1.54) is 5.56 Å². The van der Waals surface area contributed by atoms with E-state index in [4.69, 9.17) is 21.8 Å². The number of aryl methyl sites for hydroxylation is 1. The van der Waals surface area contributed by atoms with Crippen molar-refractivity contribution in [1.82, 2.24) is 0 Å². The normalized spacial score (nSPS) is 12.4. The highest BCUT2D eigenvalue weighted by Crippen LogP contribution is 2.29. The van der Waals surface area contributed by atoms with E-state index in [1.807, 2.05) is 25.1 Å². The van der Waals surface area contributed by atoms with Crippen LogP contribution in [0.15, 0.2) is 34.9 Å². The SMILES string of the molecule is CCC(N)Cc1c(Cl)cccc1N(C)Cc1ccoc1C. The van der Waals surface area contributed by atoms with Crippen LogP contribution in [0, 0.1) is 6.92 Å². The summed E-state index contributed by atoms with van der Waals surface area (Å²) in [5.41, 5.74) is 9.55. The van der Waals surface area contributed by atoms with Gasteiger partial charge in [0.05, 0.1) is 6.26 Å². The molecule has 0 aliphatic carbocycles. The average Bonchev–Trinajstić information content (AvgIpc) is 2.86. The van der Waals surface area contributed by atoms with Crippen molar-refractivity contribution >= 4 is 17.3 Å². The third-order valence-electron chi connectivity index (χ3n) is 3.87. The number of rotatable bonds is 6. The van der Waals surface area contributed by atoms with E-state index in [1.54, 1.807) is 6.26 Å². The number of halogens is 1. The van der Waals surface area contributed by atoms with Gasteiger partial charge in [-0.2, -0.15) is 0 Å². The summed E-state index contributed by atoms with van der Waals surface area (Å²) in [6, 6.07) is 8.15. The van der Waals surface area contributed by atoms with Crippen molar-refractivity contribution in [3.8, 4) is 0 Å². The summed E-state index contributed by atoms with van der Waals surface area (Å²) in [4.78, 5) is 2.20. The maximum absolute atomic E-state index is 6.39. The van der Waals surface area contributed by atoms with Crippen molar-refractivity contribution < 1.29 is 4.42 Å². The number of nitrogens with zero attached hydrogens (tertiary/aromatic N) is 1. The molecule has 1 atom stereocenters. The molecule has 0 aliphatic rings. The predicted molar refractivity (Wildman–Crippen MR) is 89.0 cm³/mol. The van der Waals surface area contributed by atoms with Gasteiger partial charge in [0.15, 0.2) is 0 Å². The molecule has 2 aromatic rings. The number of anilines is 1. The van der Waals surface area contributed by atoms with Crippen molar-refractivity contribution in [2.24, 2.45) is 5.73 Å². The maximum Gasteiger partial charge on any atom is 0.105 e. The summed E-state index contributed by atoms with van der Waals surface area (Å²) in [5.74, 6) is 0.954. The van der Waals surface area contributed by atoms with Crippen molar-refractivity contribution in [2.45, 2.75) is 39.3 Å². The summed E-state index contributed by atoms with van der Waals surface area (Å²) in [7, 11) is 2.07. The number of hydrogen-bond donors (Lipinski definition) is 1. The molecule has 0 fully saturated rings. The van der Waals surface area contributed by atoms with Gasteiger partial charge in [-0.25, -0.2) is 0 Å². The van der Waals surface area contributed by atoms with Gasteiger partial charge in [-0.3, -0.25) is 0 Å². The molecule has 0 saturated heterocycles. The van der Waals surface area contributed by atoms with E-state index in [0.29, 0.717) is 0 Å². The Bertz CT molecular complexity index is 594. The van der Waals surface area contributed by atoms with E-state index in [0.717, 1.165) is 41.4 Å². The van der Waals surface area contributed by atoms with Gasteiger partial charge in [-0.05, 0) is 43.5 Å². The Labute approximate surface area is 131 Å². The zero-order valence-electron chi connectivity index (χ0n) is 12.9. The van der Waals surface area contributed by atoms with Crippen LogP contribution in [0.5, 0.6) is 0 Å². The first-order valence-electron chi connectivity index (χ1n) is 7.30. The first-order chi connectivity index (χ1) is 10.0. The summed E-state index contributed by atoms with van der Waals surface area (Å²) in [6.07, 6.45) is 3.46. The van der Waals surface area contributed by atoms with Crippen LogP contribution in [0.1, 0.15) is 30.2 Å². The van der Waals surface area contributed by atoms with Gasteiger partial charge in [0.2, 0.25) is 0 Å². The third kappa shape index (κ3) is 3.80. The Hall–Kier alpha value is -1.45. The van der Waals surface area contributed by atoms with Gasteiger partial charge in [0.25, 0.3) is 0 Å². The minimum atomic E-state index is 0.132. The first kappa shape index (κ1) is 15.9. The molecule has 1 unspecified atom stereocenters. The molecule has 1 aromatic heterocycles. The Morgan fingerprint density at radius 3 is 2.71 bits per heavy atom. The quantitative estimate of drug-likeness (QED) is 0.871. The van der Waals surface area contributed by atoms with Crippen molar-refractivity contribution in [3.05, 3.63) is 52.4 Å². The van der Waals surface area contributed by atoms with Crippen LogP contribution >= 0.6 is 11.6 Å². The number of hydrogen-bond acceptors (Lipinski definition) is 3. The third-order valence-corrected chi connectivity index (χ3v) is 4.22. The second-order valence-electron chi connectivity index (χ2n) is 5.47. The average molecular weight is 307 g/mol. The maximum atomic E-state index is 6.39. The molecule has 0 saturated carbocycles. The fraction of sp³-hybridized carbons (Fsp3) is 0.412. The summed E-state index contributed by atoms with van der Waals surface area (Å²) < 4.78 is 5.36. The van der Waals surface area contributed by atoms with Crippen molar-refractivity contribution in [3.63, 3.8) is 0 Å². The smallest absolute Gasteiger partial charge is 0.105 e. The lowest BCUT2D eigenvalue weighted by molar-refractivity contribution is 0.529. The molecule has 21 heavy (non-hydrogen) atoms. The molecular weight excluding hydrogens is 284 g/mol. The Kier molecular flexibility index (Phi) is 5.32. The molecule has 1 heterocycles. The predicted octanol–water partition coefficient (Wildman–Crippen LogP) is 4.16. The molecule has 0 radical (unpaired) electrons. The molecule has 0 amide bonds. The lowest BCUT2D eigenvalue weighted by Gasteiger charge is -2.24. The molecule has 3 nitrogen and oxygen atoms in total. The first-order valence-corrected chi connectivity index (χ1v) is 7.67. The van der Waals surface area contributed by atoms with Crippen molar-refractivity contribution in [2.75, 3.05) is 11.9 Å². The van der Waals surface area contributed by atoms with Crippen LogP contribution in [0.3, 0.4) is 0 Å². The second-order valence-corrected chi connectivity index (χ2v) is 5.88. The van der Waals surface area contributed by atoms with E-state index >= 15 is 0 Å². The van der Waals surface area contributed by atoms with Crippen LogP contribution in [0.4, 0.5) is 5.69 Å². The molecule has 2 N–H and O–H groups in total. The summed E-state index contributed by atoms with van der Waals surface area (Å²) in [6.45, 7) is 4.87. The van der Waals surface area contributed by atoms with Crippen LogP contribution in [0.25, 0.3) is 0 Å². The molecule has 4 heteroatoms. The lowest BCUT2D eigenvalue weighted by atomic mass is 10.0. The fourth-order valence-electron chi connectivity index (χ4n) is 2.43. The highest BCUT2D eigenvalue weighted by atomic mass is 35.5. The number of benzene rings is 1. The number of furan rings is 1. The topological polar surface area (TPSA) is 42.4 Å². The monoisotopic (exact) mass is 306 g/mol. The highest BCUT2D eigenvalue weighted by molar-refractivity contribution is 6.31. The van der Waals surface area contributed by atoms with Gasteiger partial charge in [0.1, 0.15) is 5.76 Å². The van der Waals surface area contributed by atoms with Crippen LogP contribution < -0.4 is 10.6 Å². The highest BCUT2D eigenvalue weighted by Gasteiger charge is 2.15. The zero-order valence-corrected chi connectivity index (χ0v) is 13.7. The van der Waals surface area contributed by atoms with Crippen LogP contribution in [0.2, 0.25) is 5.02 Å². The molecule has 1 aromatic carbocycles. The molecule has 0 bridgehead atoms. The van der Waals surface area contributed by atoms with Gasteiger partial charge >= 0.3 is 0 Å². The van der Waals surface area contributed by atoms with E-state index < -0.39 is 0 Å². The molecular formula is C17H23ClN2O. The zero-order chi connectivity index (χ0) is 15.4. The van der Waals surface area contributed by atoms with Crippen LogP contribution in [-0.2, 0) is 13.0 Å². The molecule has 2 rings (SSSR count). The van der Waals surface area contributed by atoms with Gasteiger partial charge in [-0.15, -0.1) is 0 Å². The summed E-state index contributed by atoms with van der Waals surface area (Å²) in [5, 5.41) is 0.784. The largest absolute Gasteiger partial charge is 0.469 e. The standard InChI is InChI=1S/C17H23ClN2O/c1-4-14(19)10-15-16(18)6-5-7-17(15)20(3)11-13-8-9-21-12(13)2/h5-9,14H,4,10-11,19H2,1-3H3. The second kappa shape index (κ2) is 7.01. The Morgan fingerprint density at radius 1 is 1.33 bits per heavy atom. The fourth-order valence-corrected chi connectivity index (χ4v) is 2.68. The lowest BCUT2D eigenvalue weighted by Crippen LogP contribution is -2.24. The molecule has 114 valence electrons. The Balaban J connectivity index is 2.25. The Morgan fingerprint density at radius 2 is 2.10 bits per heavy atom. The summed E-state index contributed by atoms with van der Waals surface area (Å²) >= 11 is 6.39.